The summed E-state index contributed by atoms with van der Waals surface area (Å²) in [5.74, 6) is 1.33. The lowest BCUT2D eigenvalue weighted by atomic mass is 10.1. The highest BCUT2D eigenvalue weighted by Crippen LogP contribution is 2.17. The number of pyridine rings is 1. The second-order valence-corrected chi connectivity index (χ2v) is 9.26. The third kappa shape index (κ3) is 6.01. The SMILES string of the molecule is O=C1c2cc(ccn2)OCCCCCCCCNS(=O)c2ccc(nn2)N2CCN1CC2. The number of amides is 1. The summed E-state index contributed by atoms with van der Waals surface area (Å²) >= 11 is 0. The van der Waals surface area contributed by atoms with E-state index in [2.05, 4.69) is 24.8 Å². The van der Waals surface area contributed by atoms with Gasteiger partial charge in [-0.05, 0) is 31.0 Å². The second kappa shape index (κ2) is 11.3. The molecule has 6 bridgehead atoms. The average Bonchev–Trinajstić information content (AvgIpc) is 2.84. The number of ether oxygens (including phenoxy) is 1. The van der Waals surface area contributed by atoms with Crippen LogP contribution in [0.5, 0.6) is 5.75 Å². The zero-order valence-electron chi connectivity index (χ0n) is 18.2. The summed E-state index contributed by atoms with van der Waals surface area (Å²) in [5.41, 5.74) is 0.411. The number of hydrogen-bond donors (Lipinski definition) is 1. The van der Waals surface area contributed by atoms with Crippen molar-refractivity contribution >= 4 is 22.7 Å². The summed E-state index contributed by atoms with van der Waals surface area (Å²) in [6.45, 7) is 3.77. The molecule has 2 aromatic heterocycles. The number of rotatable bonds is 0. The van der Waals surface area contributed by atoms with Gasteiger partial charge >= 0.3 is 0 Å². The van der Waals surface area contributed by atoms with Crippen molar-refractivity contribution in [2.24, 2.45) is 0 Å². The lowest BCUT2D eigenvalue weighted by Crippen LogP contribution is -2.49. The van der Waals surface area contributed by atoms with E-state index >= 15 is 0 Å². The fourth-order valence-electron chi connectivity index (χ4n) is 3.86. The van der Waals surface area contributed by atoms with Crippen molar-refractivity contribution < 1.29 is 13.7 Å². The molecular weight excluding hydrogens is 428 g/mol. The number of nitrogens with zero attached hydrogens (tertiary/aromatic N) is 5. The Labute approximate surface area is 191 Å². The molecule has 1 N–H and O–H groups in total. The van der Waals surface area contributed by atoms with Crippen molar-refractivity contribution in [1.29, 1.82) is 0 Å². The molecule has 0 saturated carbocycles. The van der Waals surface area contributed by atoms with E-state index in [0.29, 0.717) is 55.8 Å². The lowest BCUT2D eigenvalue weighted by Gasteiger charge is -2.35. The van der Waals surface area contributed by atoms with E-state index < -0.39 is 11.0 Å². The minimum absolute atomic E-state index is 0.0867. The largest absolute Gasteiger partial charge is 0.493 e. The first-order valence-corrected chi connectivity index (χ1v) is 12.5. The van der Waals surface area contributed by atoms with Crippen LogP contribution in [0.25, 0.3) is 0 Å². The number of carbonyl (C=O) groups excluding carboxylic acids is 1. The zero-order chi connectivity index (χ0) is 22.2. The molecule has 32 heavy (non-hydrogen) atoms. The van der Waals surface area contributed by atoms with Gasteiger partial charge in [0.2, 0.25) is 0 Å². The summed E-state index contributed by atoms with van der Waals surface area (Å²) in [4.78, 5) is 21.1. The monoisotopic (exact) mass is 458 g/mol. The van der Waals surface area contributed by atoms with Gasteiger partial charge in [0.15, 0.2) is 10.8 Å². The smallest absolute Gasteiger partial charge is 0.272 e. The summed E-state index contributed by atoms with van der Waals surface area (Å²) in [6.07, 6.45) is 8.07. The van der Waals surface area contributed by atoms with Crippen LogP contribution in [0, 0.1) is 0 Å². The van der Waals surface area contributed by atoms with E-state index in [9.17, 15) is 9.00 Å². The Morgan fingerprint density at radius 3 is 2.44 bits per heavy atom. The van der Waals surface area contributed by atoms with Crippen LogP contribution in [0.2, 0.25) is 0 Å². The van der Waals surface area contributed by atoms with E-state index in [1.807, 2.05) is 6.07 Å². The fourth-order valence-corrected chi connectivity index (χ4v) is 4.65. The summed E-state index contributed by atoms with van der Waals surface area (Å²) < 4.78 is 21.3. The predicted octanol–water partition coefficient (Wildman–Crippen LogP) is 2.18. The third-order valence-electron chi connectivity index (χ3n) is 5.73. The van der Waals surface area contributed by atoms with Crippen LogP contribution in [0.3, 0.4) is 0 Å². The van der Waals surface area contributed by atoms with Gasteiger partial charge in [-0.2, -0.15) is 0 Å². The number of piperazine rings is 1. The highest BCUT2D eigenvalue weighted by atomic mass is 32.2. The Morgan fingerprint density at radius 1 is 0.906 bits per heavy atom. The Hall–Kier alpha value is -2.59. The predicted molar refractivity (Wildman–Crippen MR) is 122 cm³/mol. The van der Waals surface area contributed by atoms with E-state index in [1.165, 1.54) is 0 Å². The number of anilines is 1. The molecule has 2 aromatic rings. The number of hydrogen-bond acceptors (Lipinski definition) is 7. The average molecular weight is 459 g/mol. The molecule has 4 aliphatic rings. The Morgan fingerprint density at radius 2 is 1.66 bits per heavy atom. The van der Waals surface area contributed by atoms with Crippen LogP contribution in [0.15, 0.2) is 35.5 Å². The highest BCUT2D eigenvalue weighted by Gasteiger charge is 2.24. The number of fused-ring (bicyclic) bond motifs is 2. The molecule has 0 radical (unpaired) electrons. The van der Waals surface area contributed by atoms with Gasteiger partial charge in [-0.3, -0.25) is 9.78 Å². The van der Waals surface area contributed by atoms with Crippen LogP contribution in [0.1, 0.15) is 49.0 Å². The van der Waals surface area contributed by atoms with Gasteiger partial charge in [-0.25, -0.2) is 8.93 Å². The van der Waals surface area contributed by atoms with Gasteiger partial charge in [0.25, 0.3) is 5.91 Å². The molecule has 1 atom stereocenters. The molecule has 1 amide bonds. The quantitative estimate of drug-likeness (QED) is 0.646. The van der Waals surface area contributed by atoms with Gasteiger partial charge in [0.05, 0.1) is 6.61 Å². The first kappa shape index (κ1) is 22.6. The van der Waals surface area contributed by atoms with Crippen molar-refractivity contribution in [3.63, 3.8) is 0 Å². The maximum atomic E-state index is 12.9. The topological polar surface area (TPSA) is 101 Å². The van der Waals surface area contributed by atoms with E-state index in [-0.39, 0.29) is 5.91 Å². The maximum Gasteiger partial charge on any atom is 0.272 e. The van der Waals surface area contributed by atoms with Crippen molar-refractivity contribution in [2.45, 2.75) is 43.6 Å². The minimum atomic E-state index is -1.35. The number of carbonyl (C=O) groups is 1. The van der Waals surface area contributed by atoms with Crippen molar-refractivity contribution in [3.05, 3.63) is 36.2 Å². The van der Waals surface area contributed by atoms with Gasteiger partial charge in [0, 0.05) is 45.0 Å². The van der Waals surface area contributed by atoms with Crippen LogP contribution in [0.4, 0.5) is 5.82 Å². The molecule has 10 heteroatoms. The standard InChI is InChI=1S/C22H30N6O3S/c29-22-19-17-18(9-11-23-19)31-16-6-4-2-1-3-5-10-24-32(30)21-8-7-20(25-26-21)27-12-14-28(22)15-13-27/h7-9,11,17,24H,1-6,10,12-16H2. The van der Waals surface area contributed by atoms with Crippen LogP contribution in [-0.2, 0) is 11.0 Å². The van der Waals surface area contributed by atoms with E-state index in [0.717, 1.165) is 44.3 Å². The van der Waals surface area contributed by atoms with Crippen LogP contribution < -0.4 is 14.4 Å². The zero-order valence-corrected chi connectivity index (χ0v) is 19.1. The maximum absolute atomic E-state index is 12.9. The van der Waals surface area contributed by atoms with E-state index in [1.54, 1.807) is 29.3 Å². The Kier molecular flexibility index (Phi) is 8.00. The van der Waals surface area contributed by atoms with Crippen LogP contribution >= 0.6 is 0 Å². The number of nitrogens with one attached hydrogen (secondary N) is 1. The molecule has 0 aliphatic carbocycles. The Balaban J connectivity index is 1.44. The van der Waals surface area contributed by atoms with Crippen molar-refractivity contribution in [3.8, 4) is 5.75 Å². The first-order valence-electron chi connectivity index (χ1n) is 11.3. The molecule has 9 nitrogen and oxygen atoms in total. The van der Waals surface area contributed by atoms with Crippen molar-refractivity contribution in [1.82, 2.24) is 24.8 Å². The molecule has 6 rings (SSSR count). The van der Waals surface area contributed by atoms with Crippen LogP contribution in [-0.4, -0.2) is 69.5 Å². The molecule has 1 unspecified atom stereocenters. The fraction of sp³-hybridized carbons (Fsp3) is 0.545. The molecular formula is C22H30N6O3S. The molecule has 1 saturated heterocycles. The number of aromatic nitrogens is 3. The van der Waals surface area contributed by atoms with Gasteiger partial charge in [0.1, 0.15) is 22.4 Å². The van der Waals surface area contributed by atoms with E-state index in [4.69, 9.17) is 4.74 Å². The normalized spacial score (nSPS) is 21.4. The van der Waals surface area contributed by atoms with Gasteiger partial charge < -0.3 is 14.5 Å². The molecule has 172 valence electrons. The third-order valence-corrected chi connectivity index (χ3v) is 6.79. The molecule has 0 aromatic carbocycles. The summed E-state index contributed by atoms with van der Waals surface area (Å²) in [7, 11) is -1.35. The second-order valence-electron chi connectivity index (χ2n) is 8.02. The van der Waals surface area contributed by atoms with Crippen molar-refractivity contribution in [2.75, 3.05) is 44.2 Å². The van der Waals surface area contributed by atoms with Gasteiger partial charge in [-0.1, -0.05) is 25.7 Å². The first-order chi connectivity index (χ1) is 15.7. The summed E-state index contributed by atoms with van der Waals surface area (Å²) in [6, 6.07) is 7.14. The Bertz CT molecular complexity index is 918. The van der Waals surface area contributed by atoms with Gasteiger partial charge in [-0.15, -0.1) is 10.2 Å². The molecule has 1 fully saturated rings. The highest BCUT2D eigenvalue weighted by molar-refractivity contribution is 7.83. The molecule has 0 spiro atoms. The minimum Gasteiger partial charge on any atom is -0.493 e. The molecule has 6 heterocycles. The lowest BCUT2D eigenvalue weighted by molar-refractivity contribution is 0.0740. The molecule has 4 aliphatic heterocycles. The summed E-state index contributed by atoms with van der Waals surface area (Å²) in [5, 5.41) is 8.85.